The molecule has 0 spiro atoms. The summed E-state index contributed by atoms with van der Waals surface area (Å²) in [6.45, 7) is 2.26. The molecule has 3 rings (SSSR count). The van der Waals surface area contributed by atoms with E-state index in [0.717, 1.165) is 30.6 Å². The minimum Gasteiger partial charge on any atom is -0.390 e. The Hall–Kier alpha value is -0.0400. The fraction of sp³-hybridized carbons (Fsp3) is 1.00. The van der Waals surface area contributed by atoms with Crippen molar-refractivity contribution in [3.63, 3.8) is 0 Å². The van der Waals surface area contributed by atoms with E-state index in [2.05, 4.69) is 6.92 Å². The highest BCUT2D eigenvalue weighted by Gasteiger charge is 2.59. The number of unbranched alkanes of at least 4 members (excludes halogenated alkanes) is 3. The number of rotatable bonds is 5. The van der Waals surface area contributed by atoms with Gasteiger partial charge in [-0.1, -0.05) is 39.0 Å². The molecular weight excluding hydrogens is 208 g/mol. The summed E-state index contributed by atoms with van der Waals surface area (Å²) in [6.07, 6.45) is 13.2. The molecule has 0 amide bonds. The van der Waals surface area contributed by atoms with Crippen molar-refractivity contribution in [1.29, 1.82) is 0 Å². The largest absolute Gasteiger partial charge is 0.390 e. The SMILES string of the molecule is CCCCCCC1(O)CC2CC1C1CCCC21. The van der Waals surface area contributed by atoms with Crippen molar-refractivity contribution in [2.75, 3.05) is 0 Å². The van der Waals surface area contributed by atoms with Gasteiger partial charge in [0.05, 0.1) is 5.60 Å². The van der Waals surface area contributed by atoms with E-state index in [1.807, 2.05) is 0 Å². The van der Waals surface area contributed by atoms with E-state index in [0.29, 0.717) is 5.92 Å². The van der Waals surface area contributed by atoms with Crippen molar-refractivity contribution in [2.24, 2.45) is 23.7 Å². The Morgan fingerprint density at radius 3 is 2.76 bits per heavy atom. The first-order chi connectivity index (χ1) is 8.24. The molecular formula is C16H28O. The molecule has 0 aliphatic heterocycles. The smallest absolute Gasteiger partial charge is 0.0681 e. The minimum absolute atomic E-state index is 0.246. The third-order valence-electron chi connectivity index (χ3n) is 6.07. The highest BCUT2D eigenvalue weighted by atomic mass is 16.3. The fourth-order valence-corrected chi connectivity index (χ4v) is 5.38. The van der Waals surface area contributed by atoms with Crippen LogP contribution in [0.3, 0.4) is 0 Å². The molecule has 1 N–H and O–H groups in total. The number of fused-ring (bicyclic) bond motifs is 5. The summed E-state index contributed by atoms with van der Waals surface area (Å²) in [7, 11) is 0. The van der Waals surface area contributed by atoms with Crippen molar-refractivity contribution in [3.8, 4) is 0 Å². The van der Waals surface area contributed by atoms with Crippen molar-refractivity contribution < 1.29 is 5.11 Å². The lowest BCUT2D eigenvalue weighted by molar-refractivity contribution is -0.0535. The van der Waals surface area contributed by atoms with Crippen molar-refractivity contribution in [2.45, 2.75) is 76.7 Å². The molecule has 5 unspecified atom stereocenters. The van der Waals surface area contributed by atoms with Crippen LogP contribution >= 0.6 is 0 Å². The maximum absolute atomic E-state index is 10.9. The van der Waals surface area contributed by atoms with Gasteiger partial charge in [0.25, 0.3) is 0 Å². The third-order valence-corrected chi connectivity index (χ3v) is 6.07. The second-order valence-corrected chi connectivity index (χ2v) is 6.98. The topological polar surface area (TPSA) is 20.2 Å². The summed E-state index contributed by atoms with van der Waals surface area (Å²) in [5.74, 6) is 3.49. The van der Waals surface area contributed by atoms with Gasteiger partial charge in [-0.2, -0.15) is 0 Å². The Kier molecular flexibility index (Phi) is 3.23. The Labute approximate surface area is 106 Å². The molecule has 0 radical (unpaired) electrons. The van der Waals surface area contributed by atoms with Gasteiger partial charge in [-0.15, -0.1) is 0 Å². The first-order valence-corrected chi connectivity index (χ1v) is 7.97. The van der Waals surface area contributed by atoms with E-state index < -0.39 is 0 Å². The van der Waals surface area contributed by atoms with Crippen LogP contribution in [0.25, 0.3) is 0 Å². The van der Waals surface area contributed by atoms with Crippen LogP contribution < -0.4 is 0 Å². The maximum Gasteiger partial charge on any atom is 0.0681 e. The van der Waals surface area contributed by atoms with Gasteiger partial charge >= 0.3 is 0 Å². The normalized spacial score (nSPS) is 47.6. The second-order valence-electron chi connectivity index (χ2n) is 6.98. The van der Waals surface area contributed by atoms with Gasteiger partial charge < -0.3 is 5.11 Å². The van der Waals surface area contributed by atoms with Crippen LogP contribution in [0.1, 0.15) is 71.1 Å². The summed E-state index contributed by atoms with van der Waals surface area (Å²) in [6, 6.07) is 0. The molecule has 2 bridgehead atoms. The fourth-order valence-electron chi connectivity index (χ4n) is 5.38. The molecule has 3 aliphatic rings. The van der Waals surface area contributed by atoms with Crippen molar-refractivity contribution in [3.05, 3.63) is 0 Å². The summed E-state index contributed by atoms with van der Waals surface area (Å²) >= 11 is 0. The van der Waals surface area contributed by atoms with Gasteiger partial charge in [-0.3, -0.25) is 0 Å². The number of hydrogen-bond donors (Lipinski definition) is 1. The molecule has 3 saturated carbocycles. The van der Waals surface area contributed by atoms with Gasteiger partial charge in [-0.05, 0) is 55.8 Å². The highest BCUT2D eigenvalue weighted by molar-refractivity contribution is 5.09. The highest BCUT2D eigenvalue weighted by Crippen LogP contribution is 2.63. The van der Waals surface area contributed by atoms with E-state index >= 15 is 0 Å². The van der Waals surface area contributed by atoms with E-state index in [-0.39, 0.29) is 5.60 Å². The lowest BCUT2D eigenvalue weighted by Gasteiger charge is -2.39. The van der Waals surface area contributed by atoms with Crippen LogP contribution in [0.2, 0.25) is 0 Å². The average molecular weight is 236 g/mol. The number of aliphatic hydroxyl groups is 1. The molecule has 0 aromatic heterocycles. The molecule has 0 saturated heterocycles. The summed E-state index contributed by atoms with van der Waals surface area (Å²) < 4.78 is 0. The van der Waals surface area contributed by atoms with Crippen LogP contribution in [0.4, 0.5) is 0 Å². The van der Waals surface area contributed by atoms with Gasteiger partial charge in [0, 0.05) is 0 Å². The van der Waals surface area contributed by atoms with Crippen LogP contribution in [-0.2, 0) is 0 Å². The van der Waals surface area contributed by atoms with E-state index in [9.17, 15) is 5.11 Å². The van der Waals surface area contributed by atoms with E-state index in [1.54, 1.807) is 0 Å². The van der Waals surface area contributed by atoms with Crippen LogP contribution in [-0.4, -0.2) is 10.7 Å². The molecule has 17 heavy (non-hydrogen) atoms. The predicted molar refractivity (Wildman–Crippen MR) is 70.8 cm³/mol. The standard InChI is InChI=1S/C16H28O/c1-2-3-4-5-9-16(17)11-12-10-15(16)14-8-6-7-13(12)14/h12-15,17H,2-11H2,1H3. The molecule has 3 fully saturated rings. The lowest BCUT2D eigenvalue weighted by Crippen LogP contribution is -2.41. The quantitative estimate of drug-likeness (QED) is 0.711. The van der Waals surface area contributed by atoms with Crippen molar-refractivity contribution >= 4 is 0 Å². The Morgan fingerprint density at radius 1 is 1.12 bits per heavy atom. The molecule has 1 nitrogen and oxygen atoms in total. The van der Waals surface area contributed by atoms with Crippen LogP contribution in [0.15, 0.2) is 0 Å². The summed E-state index contributed by atoms with van der Waals surface area (Å²) in [4.78, 5) is 0. The van der Waals surface area contributed by atoms with E-state index in [4.69, 9.17) is 0 Å². The van der Waals surface area contributed by atoms with Gasteiger partial charge in [0.2, 0.25) is 0 Å². The van der Waals surface area contributed by atoms with Gasteiger partial charge in [0.15, 0.2) is 0 Å². The molecule has 0 aromatic carbocycles. The van der Waals surface area contributed by atoms with Gasteiger partial charge in [-0.25, -0.2) is 0 Å². The Balaban J connectivity index is 1.58. The minimum atomic E-state index is -0.246. The predicted octanol–water partition coefficient (Wildman–Crippen LogP) is 4.14. The lowest BCUT2D eigenvalue weighted by atomic mass is 9.71. The third kappa shape index (κ3) is 1.95. The van der Waals surface area contributed by atoms with Crippen molar-refractivity contribution in [1.82, 2.24) is 0 Å². The summed E-state index contributed by atoms with van der Waals surface area (Å²) in [5, 5.41) is 10.9. The average Bonchev–Trinajstić information content (AvgIpc) is 2.94. The Morgan fingerprint density at radius 2 is 1.94 bits per heavy atom. The zero-order valence-electron chi connectivity index (χ0n) is 11.3. The zero-order chi connectivity index (χ0) is 11.9. The molecule has 5 atom stereocenters. The first kappa shape index (κ1) is 12.0. The van der Waals surface area contributed by atoms with Crippen LogP contribution in [0.5, 0.6) is 0 Å². The zero-order valence-corrected chi connectivity index (χ0v) is 11.3. The molecule has 0 aromatic rings. The molecule has 3 aliphatic carbocycles. The molecule has 1 heteroatoms. The molecule has 0 heterocycles. The maximum atomic E-state index is 10.9. The number of hydrogen-bond acceptors (Lipinski definition) is 1. The van der Waals surface area contributed by atoms with Crippen LogP contribution in [0, 0.1) is 23.7 Å². The molecule has 98 valence electrons. The second kappa shape index (κ2) is 4.57. The monoisotopic (exact) mass is 236 g/mol. The summed E-state index contributed by atoms with van der Waals surface area (Å²) in [5.41, 5.74) is -0.246. The Bertz CT molecular complexity index is 275. The van der Waals surface area contributed by atoms with E-state index in [1.165, 1.54) is 51.4 Å². The first-order valence-electron chi connectivity index (χ1n) is 7.97. The van der Waals surface area contributed by atoms with Gasteiger partial charge in [0.1, 0.15) is 0 Å².